The second-order valence-electron chi connectivity index (χ2n) is 4.15. The van der Waals surface area contributed by atoms with E-state index in [4.69, 9.17) is 5.26 Å². The zero-order valence-corrected chi connectivity index (χ0v) is 11.6. The average molecular weight is 270 g/mol. The molecule has 0 aliphatic carbocycles. The van der Waals surface area contributed by atoms with E-state index in [0.29, 0.717) is 25.3 Å². The molecule has 0 amide bonds. The van der Waals surface area contributed by atoms with Gasteiger partial charge in [-0.15, -0.1) is 0 Å². The minimum Gasteiger partial charge on any atom is -0.340 e. The summed E-state index contributed by atoms with van der Waals surface area (Å²) in [6.07, 6.45) is 1.13. The van der Waals surface area contributed by atoms with Crippen LogP contribution in [0, 0.1) is 18.3 Å². The van der Waals surface area contributed by atoms with Crippen molar-refractivity contribution < 1.29 is 8.42 Å². The van der Waals surface area contributed by atoms with E-state index in [2.05, 4.69) is 16.1 Å². The monoisotopic (exact) mass is 270 g/mol. The molecule has 18 heavy (non-hydrogen) atoms. The maximum atomic E-state index is 10.8. The van der Waals surface area contributed by atoms with Crippen molar-refractivity contribution in [3.63, 3.8) is 0 Å². The van der Waals surface area contributed by atoms with Crippen LogP contribution in [0.4, 0.5) is 0 Å². The van der Waals surface area contributed by atoms with Crippen LogP contribution in [0.15, 0.2) is 6.07 Å². The SMILES string of the molecule is Cc1c(CNCCNS(C)(=O)=O)cc(C#N)n1C. The van der Waals surface area contributed by atoms with Crippen LogP contribution >= 0.6 is 0 Å². The van der Waals surface area contributed by atoms with E-state index in [-0.39, 0.29) is 0 Å². The highest BCUT2D eigenvalue weighted by Crippen LogP contribution is 2.12. The van der Waals surface area contributed by atoms with Crippen molar-refractivity contribution in [2.75, 3.05) is 19.3 Å². The van der Waals surface area contributed by atoms with Crippen LogP contribution in [0.3, 0.4) is 0 Å². The summed E-state index contributed by atoms with van der Waals surface area (Å²) in [5.41, 5.74) is 2.71. The quantitative estimate of drug-likeness (QED) is 0.703. The first-order chi connectivity index (χ1) is 8.35. The molecule has 0 aliphatic heterocycles. The molecule has 0 unspecified atom stereocenters. The van der Waals surface area contributed by atoms with Gasteiger partial charge in [0.2, 0.25) is 10.0 Å². The summed E-state index contributed by atoms with van der Waals surface area (Å²) in [6, 6.07) is 3.96. The number of sulfonamides is 1. The minimum absolute atomic E-state index is 0.357. The topological polar surface area (TPSA) is 86.9 Å². The van der Waals surface area contributed by atoms with Crippen molar-refractivity contribution in [3.05, 3.63) is 23.0 Å². The molecule has 2 N–H and O–H groups in total. The summed E-state index contributed by atoms with van der Waals surface area (Å²) in [5, 5.41) is 12.0. The van der Waals surface area contributed by atoms with Gasteiger partial charge >= 0.3 is 0 Å². The predicted molar refractivity (Wildman–Crippen MR) is 69.4 cm³/mol. The summed E-state index contributed by atoms with van der Waals surface area (Å²) in [6.45, 7) is 3.47. The highest BCUT2D eigenvalue weighted by atomic mass is 32.2. The first kappa shape index (κ1) is 14.7. The van der Waals surface area contributed by atoms with Crippen LogP contribution < -0.4 is 10.0 Å². The standard InChI is InChI=1S/C11H18N4O2S/c1-9-10(6-11(7-12)15(9)2)8-13-4-5-14-18(3,16)17/h6,13-14H,4-5,8H2,1-3H3. The van der Waals surface area contributed by atoms with Crippen molar-refractivity contribution in [2.45, 2.75) is 13.5 Å². The number of hydrogen-bond acceptors (Lipinski definition) is 4. The van der Waals surface area contributed by atoms with Crippen molar-refractivity contribution in [2.24, 2.45) is 7.05 Å². The lowest BCUT2D eigenvalue weighted by molar-refractivity contribution is 0.581. The Balaban J connectivity index is 2.43. The van der Waals surface area contributed by atoms with Gasteiger partial charge in [-0.05, 0) is 18.6 Å². The maximum Gasteiger partial charge on any atom is 0.208 e. The molecule has 1 aromatic heterocycles. The second kappa shape index (κ2) is 6.00. The van der Waals surface area contributed by atoms with Gasteiger partial charge in [-0.2, -0.15) is 5.26 Å². The fraction of sp³-hybridized carbons (Fsp3) is 0.545. The van der Waals surface area contributed by atoms with Crippen LogP contribution in [0.2, 0.25) is 0 Å². The van der Waals surface area contributed by atoms with E-state index < -0.39 is 10.0 Å². The van der Waals surface area contributed by atoms with Crippen LogP contribution in [-0.4, -0.2) is 32.3 Å². The normalized spacial score (nSPS) is 11.4. The van der Waals surface area contributed by atoms with Gasteiger partial charge in [-0.1, -0.05) is 0 Å². The lowest BCUT2D eigenvalue weighted by atomic mass is 10.2. The van der Waals surface area contributed by atoms with E-state index in [1.165, 1.54) is 0 Å². The first-order valence-electron chi connectivity index (χ1n) is 5.56. The Kier molecular flexibility index (Phi) is 4.90. The molecule has 1 rings (SSSR count). The predicted octanol–water partition coefficient (Wildman–Crippen LogP) is -0.156. The number of nitrogens with one attached hydrogen (secondary N) is 2. The van der Waals surface area contributed by atoms with E-state index in [1.807, 2.05) is 24.6 Å². The van der Waals surface area contributed by atoms with Gasteiger partial charge in [-0.3, -0.25) is 0 Å². The summed E-state index contributed by atoms with van der Waals surface area (Å²) in [5.74, 6) is 0. The van der Waals surface area contributed by atoms with Crippen molar-refractivity contribution in [1.82, 2.24) is 14.6 Å². The summed E-state index contributed by atoms with van der Waals surface area (Å²) >= 11 is 0. The second-order valence-corrected chi connectivity index (χ2v) is 5.99. The molecule has 7 heteroatoms. The van der Waals surface area contributed by atoms with Gasteiger partial charge in [-0.25, -0.2) is 13.1 Å². The van der Waals surface area contributed by atoms with Gasteiger partial charge in [0.1, 0.15) is 11.8 Å². The summed E-state index contributed by atoms with van der Waals surface area (Å²) < 4.78 is 25.9. The molecule has 6 nitrogen and oxygen atoms in total. The molecule has 100 valence electrons. The number of nitrogens with zero attached hydrogens (tertiary/aromatic N) is 2. The number of nitriles is 1. The van der Waals surface area contributed by atoms with Crippen molar-refractivity contribution >= 4 is 10.0 Å². The summed E-state index contributed by atoms with van der Waals surface area (Å²) in [7, 11) is -1.27. The van der Waals surface area contributed by atoms with Crippen LogP contribution in [0.25, 0.3) is 0 Å². The Labute approximate surface area is 108 Å². The molecule has 0 atom stereocenters. The van der Waals surface area contributed by atoms with E-state index in [0.717, 1.165) is 17.5 Å². The largest absolute Gasteiger partial charge is 0.340 e. The van der Waals surface area contributed by atoms with E-state index >= 15 is 0 Å². The molecule has 0 saturated carbocycles. The lowest BCUT2D eigenvalue weighted by Gasteiger charge is -2.05. The number of rotatable bonds is 6. The van der Waals surface area contributed by atoms with E-state index in [1.54, 1.807) is 0 Å². The Morgan fingerprint density at radius 3 is 2.61 bits per heavy atom. The Bertz CT molecular complexity index is 554. The average Bonchev–Trinajstić information content (AvgIpc) is 2.55. The fourth-order valence-corrected chi connectivity index (χ4v) is 2.07. The van der Waals surface area contributed by atoms with Crippen LogP contribution in [-0.2, 0) is 23.6 Å². The van der Waals surface area contributed by atoms with Crippen molar-refractivity contribution in [3.8, 4) is 6.07 Å². The Morgan fingerprint density at radius 1 is 1.44 bits per heavy atom. The third-order valence-electron chi connectivity index (χ3n) is 2.74. The Hall–Kier alpha value is -1.36. The van der Waals surface area contributed by atoms with Crippen molar-refractivity contribution in [1.29, 1.82) is 5.26 Å². The lowest BCUT2D eigenvalue weighted by Crippen LogP contribution is -2.30. The molecular weight excluding hydrogens is 252 g/mol. The molecule has 1 aromatic rings. The number of aromatic nitrogens is 1. The van der Waals surface area contributed by atoms with Gasteiger partial charge in [0.05, 0.1) is 6.26 Å². The smallest absolute Gasteiger partial charge is 0.208 e. The molecule has 0 aliphatic rings. The molecule has 0 fully saturated rings. The third kappa shape index (κ3) is 4.14. The summed E-state index contributed by atoms with van der Waals surface area (Å²) in [4.78, 5) is 0. The van der Waals surface area contributed by atoms with Gasteiger partial charge in [0.15, 0.2) is 0 Å². The molecular formula is C11H18N4O2S. The van der Waals surface area contributed by atoms with Gasteiger partial charge in [0.25, 0.3) is 0 Å². The molecule has 0 saturated heterocycles. The Morgan fingerprint density at radius 2 is 2.11 bits per heavy atom. The molecule has 0 bridgehead atoms. The highest BCUT2D eigenvalue weighted by Gasteiger charge is 2.07. The minimum atomic E-state index is -3.12. The van der Waals surface area contributed by atoms with Crippen LogP contribution in [0.1, 0.15) is 17.0 Å². The molecule has 0 radical (unpaired) electrons. The molecule has 1 heterocycles. The number of hydrogen-bond donors (Lipinski definition) is 2. The first-order valence-corrected chi connectivity index (χ1v) is 7.45. The molecule has 0 spiro atoms. The zero-order chi connectivity index (χ0) is 13.8. The van der Waals surface area contributed by atoms with Crippen LogP contribution in [0.5, 0.6) is 0 Å². The fourth-order valence-electron chi connectivity index (χ4n) is 1.60. The highest BCUT2D eigenvalue weighted by molar-refractivity contribution is 7.88. The van der Waals surface area contributed by atoms with Gasteiger partial charge in [0, 0.05) is 32.4 Å². The molecule has 0 aromatic carbocycles. The zero-order valence-electron chi connectivity index (χ0n) is 10.8. The third-order valence-corrected chi connectivity index (χ3v) is 3.46. The maximum absolute atomic E-state index is 10.8. The van der Waals surface area contributed by atoms with E-state index in [9.17, 15) is 8.42 Å². The van der Waals surface area contributed by atoms with Gasteiger partial charge < -0.3 is 9.88 Å².